The largest absolute Gasteiger partial charge is 0.307 e. The summed E-state index contributed by atoms with van der Waals surface area (Å²) in [4.78, 5) is 14.4. The second-order valence-electron chi connectivity index (χ2n) is 4.88. The summed E-state index contributed by atoms with van der Waals surface area (Å²) in [5.41, 5.74) is 2.94. The van der Waals surface area contributed by atoms with Gasteiger partial charge in [-0.2, -0.15) is 0 Å². The van der Waals surface area contributed by atoms with Crippen molar-refractivity contribution in [1.29, 1.82) is 0 Å². The second-order valence-corrected chi connectivity index (χ2v) is 5.32. The fourth-order valence-electron chi connectivity index (χ4n) is 2.56. The van der Waals surface area contributed by atoms with Crippen LogP contribution in [0.5, 0.6) is 0 Å². The molecule has 0 radical (unpaired) electrons. The molecule has 3 heteroatoms. The quantitative estimate of drug-likeness (QED) is 0.764. The highest BCUT2D eigenvalue weighted by atomic mass is 35.5. The van der Waals surface area contributed by atoms with Crippen LogP contribution in [0.15, 0.2) is 48.5 Å². The van der Waals surface area contributed by atoms with Crippen LogP contribution in [0.1, 0.15) is 28.8 Å². The van der Waals surface area contributed by atoms with E-state index < -0.39 is 0 Å². The van der Waals surface area contributed by atoms with Crippen molar-refractivity contribution in [3.05, 3.63) is 64.7 Å². The Morgan fingerprint density at radius 1 is 1.16 bits per heavy atom. The minimum Gasteiger partial charge on any atom is -0.307 e. The van der Waals surface area contributed by atoms with E-state index >= 15 is 0 Å². The van der Waals surface area contributed by atoms with Crippen molar-refractivity contribution in [2.24, 2.45) is 0 Å². The number of rotatable bonds is 1. The summed E-state index contributed by atoms with van der Waals surface area (Å²) in [5, 5.41) is 0.645. The number of benzene rings is 2. The maximum Gasteiger partial charge on any atom is 0.258 e. The molecule has 2 aromatic rings. The van der Waals surface area contributed by atoms with Gasteiger partial charge in [0.25, 0.3) is 5.91 Å². The lowest BCUT2D eigenvalue weighted by Gasteiger charge is -2.17. The molecule has 1 unspecified atom stereocenters. The smallest absolute Gasteiger partial charge is 0.258 e. The zero-order valence-electron chi connectivity index (χ0n) is 10.6. The molecule has 0 aliphatic carbocycles. The van der Waals surface area contributed by atoms with Crippen molar-refractivity contribution >= 4 is 23.2 Å². The van der Waals surface area contributed by atoms with Gasteiger partial charge in [0.15, 0.2) is 0 Å². The molecule has 1 aliphatic rings. The minimum absolute atomic E-state index is 0.0356. The van der Waals surface area contributed by atoms with Crippen molar-refractivity contribution in [3.8, 4) is 0 Å². The molecule has 2 aromatic carbocycles. The van der Waals surface area contributed by atoms with Gasteiger partial charge in [0.2, 0.25) is 0 Å². The van der Waals surface area contributed by atoms with Gasteiger partial charge in [0, 0.05) is 28.7 Å². The average Bonchev–Trinajstić information content (AvgIpc) is 2.77. The van der Waals surface area contributed by atoms with Crippen LogP contribution >= 0.6 is 11.6 Å². The molecule has 0 fully saturated rings. The maximum absolute atomic E-state index is 12.5. The fraction of sp³-hybridized carbons (Fsp3) is 0.188. The van der Waals surface area contributed by atoms with Gasteiger partial charge < -0.3 is 4.90 Å². The summed E-state index contributed by atoms with van der Waals surface area (Å²) in [5.74, 6) is 0.418. The maximum atomic E-state index is 12.5. The third-order valence-electron chi connectivity index (χ3n) is 3.55. The zero-order chi connectivity index (χ0) is 13.4. The molecule has 0 N–H and O–H groups in total. The van der Waals surface area contributed by atoms with E-state index in [0.29, 0.717) is 16.5 Å². The minimum atomic E-state index is 0.0356. The van der Waals surface area contributed by atoms with Crippen molar-refractivity contribution < 1.29 is 4.79 Å². The van der Waals surface area contributed by atoms with Crippen LogP contribution in [0.4, 0.5) is 5.69 Å². The van der Waals surface area contributed by atoms with Gasteiger partial charge in [0.05, 0.1) is 0 Å². The first-order chi connectivity index (χ1) is 9.16. The number of para-hydroxylation sites is 1. The Labute approximate surface area is 117 Å². The Morgan fingerprint density at radius 3 is 2.58 bits per heavy atom. The molecular formula is C16H14ClNO. The van der Waals surface area contributed by atoms with E-state index in [1.54, 1.807) is 24.3 Å². The molecule has 1 atom stereocenters. The molecule has 19 heavy (non-hydrogen) atoms. The lowest BCUT2D eigenvalue weighted by Crippen LogP contribution is -2.29. The molecule has 0 bridgehead atoms. The molecule has 0 spiro atoms. The first-order valence-corrected chi connectivity index (χ1v) is 6.71. The van der Waals surface area contributed by atoms with Crippen molar-refractivity contribution in [2.45, 2.75) is 12.8 Å². The van der Waals surface area contributed by atoms with E-state index in [4.69, 9.17) is 11.6 Å². The average molecular weight is 272 g/mol. The summed E-state index contributed by atoms with van der Waals surface area (Å²) in [6.45, 7) is 2.88. The van der Waals surface area contributed by atoms with Crippen LogP contribution in [0, 0.1) is 0 Å². The molecule has 1 aliphatic heterocycles. The van der Waals surface area contributed by atoms with Crippen LogP contribution in [-0.4, -0.2) is 12.5 Å². The number of fused-ring (bicyclic) bond motifs is 1. The lowest BCUT2D eigenvalue weighted by atomic mass is 10.0. The van der Waals surface area contributed by atoms with E-state index in [1.165, 1.54) is 5.56 Å². The van der Waals surface area contributed by atoms with Gasteiger partial charge in [-0.05, 0) is 35.9 Å². The Hall–Kier alpha value is -1.80. The molecule has 96 valence electrons. The Balaban J connectivity index is 1.96. The van der Waals surface area contributed by atoms with E-state index in [0.717, 1.165) is 12.2 Å². The van der Waals surface area contributed by atoms with E-state index in [9.17, 15) is 4.79 Å². The summed E-state index contributed by atoms with van der Waals surface area (Å²) in [7, 11) is 0. The molecule has 2 nitrogen and oxygen atoms in total. The second kappa shape index (κ2) is 4.71. The van der Waals surface area contributed by atoms with Gasteiger partial charge >= 0.3 is 0 Å². The fourth-order valence-corrected chi connectivity index (χ4v) is 2.69. The first kappa shape index (κ1) is 12.2. The Morgan fingerprint density at radius 2 is 1.84 bits per heavy atom. The number of carbonyl (C=O) groups is 1. The molecular weight excluding hydrogens is 258 g/mol. The predicted molar refractivity (Wildman–Crippen MR) is 78.0 cm³/mol. The van der Waals surface area contributed by atoms with E-state index in [2.05, 4.69) is 13.0 Å². The van der Waals surface area contributed by atoms with Gasteiger partial charge in [0.1, 0.15) is 0 Å². The molecule has 1 amide bonds. The Kier molecular flexibility index (Phi) is 3.03. The van der Waals surface area contributed by atoms with Crippen molar-refractivity contribution in [3.63, 3.8) is 0 Å². The number of amides is 1. The van der Waals surface area contributed by atoms with Gasteiger partial charge in [-0.3, -0.25) is 4.79 Å². The van der Waals surface area contributed by atoms with Crippen molar-refractivity contribution in [2.75, 3.05) is 11.4 Å². The molecule has 0 aromatic heterocycles. The molecule has 0 saturated heterocycles. The number of hydrogen-bond acceptors (Lipinski definition) is 1. The van der Waals surface area contributed by atoms with E-state index in [1.807, 2.05) is 23.1 Å². The van der Waals surface area contributed by atoms with Crippen LogP contribution in [0.25, 0.3) is 0 Å². The van der Waals surface area contributed by atoms with Gasteiger partial charge in [-0.15, -0.1) is 0 Å². The number of anilines is 1. The summed E-state index contributed by atoms with van der Waals surface area (Å²) < 4.78 is 0. The molecule has 3 rings (SSSR count). The normalized spacial score (nSPS) is 17.4. The SMILES string of the molecule is CC1CN(C(=O)c2ccc(Cl)cc2)c2ccccc21. The zero-order valence-corrected chi connectivity index (χ0v) is 11.4. The summed E-state index contributed by atoms with van der Waals surface area (Å²) in [6, 6.07) is 15.1. The number of nitrogens with zero attached hydrogens (tertiary/aromatic N) is 1. The highest BCUT2D eigenvalue weighted by molar-refractivity contribution is 6.30. The standard InChI is InChI=1S/C16H14ClNO/c1-11-10-18(15-5-3-2-4-14(11)15)16(19)12-6-8-13(17)9-7-12/h2-9,11H,10H2,1H3. The monoisotopic (exact) mass is 271 g/mol. The first-order valence-electron chi connectivity index (χ1n) is 6.33. The number of carbonyl (C=O) groups excluding carboxylic acids is 1. The van der Waals surface area contributed by atoms with Crippen LogP contribution < -0.4 is 4.90 Å². The van der Waals surface area contributed by atoms with Crippen LogP contribution in [-0.2, 0) is 0 Å². The van der Waals surface area contributed by atoms with Gasteiger partial charge in [-0.25, -0.2) is 0 Å². The highest BCUT2D eigenvalue weighted by Gasteiger charge is 2.29. The summed E-state index contributed by atoms with van der Waals surface area (Å²) >= 11 is 5.86. The topological polar surface area (TPSA) is 20.3 Å². The Bertz CT molecular complexity index is 621. The third kappa shape index (κ3) is 2.13. The number of halogens is 1. The van der Waals surface area contributed by atoms with E-state index in [-0.39, 0.29) is 5.91 Å². The van der Waals surface area contributed by atoms with Crippen LogP contribution in [0.2, 0.25) is 5.02 Å². The van der Waals surface area contributed by atoms with Crippen molar-refractivity contribution in [1.82, 2.24) is 0 Å². The highest BCUT2D eigenvalue weighted by Crippen LogP contribution is 2.36. The van der Waals surface area contributed by atoms with Gasteiger partial charge in [-0.1, -0.05) is 36.7 Å². The third-order valence-corrected chi connectivity index (χ3v) is 3.80. The van der Waals surface area contributed by atoms with Crippen LogP contribution in [0.3, 0.4) is 0 Å². The predicted octanol–water partition coefficient (Wildman–Crippen LogP) is 4.10. The number of hydrogen-bond donors (Lipinski definition) is 0. The molecule has 0 saturated carbocycles. The molecule has 1 heterocycles. The lowest BCUT2D eigenvalue weighted by molar-refractivity contribution is 0.0988. The summed E-state index contributed by atoms with van der Waals surface area (Å²) in [6.07, 6.45) is 0.